The van der Waals surface area contributed by atoms with Gasteiger partial charge in [0.15, 0.2) is 0 Å². The lowest BCUT2D eigenvalue weighted by Gasteiger charge is -2.19. The predicted octanol–water partition coefficient (Wildman–Crippen LogP) is 8.86. The van der Waals surface area contributed by atoms with Gasteiger partial charge in [-0.2, -0.15) is 0 Å². The van der Waals surface area contributed by atoms with Gasteiger partial charge < -0.3 is 9.47 Å². The minimum atomic E-state index is -0.805. The molecule has 5 heteroatoms. The minimum absolute atomic E-state index is 0.194. The van der Waals surface area contributed by atoms with Gasteiger partial charge in [0.05, 0.1) is 0 Å². The lowest BCUT2D eigenvalue weighted by atomic mass is 9.94. The second-order valence-electron chi connectivity index (χ2n) is 9.78. The zero-order valence-corrected chi connectivity index (χ0v) is 21.9. The Labute approximate surface area is 202 Å². The summed E-state index contributed by atoms with van der Waals surface area (Å²) in [6.07, 6.45) is 11.7. The van der Waals surface area contributed by atoms with Gasteiger partial charge in [-0.3, -0.25) is 0 Å². The van der Waals surface area contributed by atoms with E-state index < -0.39 is 12.2 Å². The van der Waals surface area contributed by atoms with Crippen molar-refractivity contribution in [3.05, 3.63) is 29.3 Å². The molecule has 1 unspecified atom stereocenters. The summed E-state index contributed by atoms with van der Waals surface area (Å²) in [7, 11) is 0. The van der Waals surface area contributed by atoms with Gasteiger partial charge in [0.25, 0.3) is 0 Å². The van der Waals surface area contributed by atoms with E-state index in [9.17, 15) is 9.59 Å². The van der Waals surface area contributed by atoms with Gasteiger partial charge in [0.2, 0.25) is 0 Å². The van der Waals surface area contributed by atoms with Crippen molar-refractivity contribution in [3.8, 4) is 5.75 Å². The first-order valence-corrected chi connectivity index (χ1v) is 13.1. The van der Waals surface area contributed by atoms with E-state index in [0.717, 1.165) is 30.4 Å². The number of amides is 2. The molecule has 2 amide bonds. The molecule has 0 heterocycles. The van der Waals surface area contributed by atoms with Crippen molar-refractivity contribution < 1.29 is 19.1 Å². The number of hydrogen-bond acceptors (Lipinski definition) is 4. The number of para-hydroxylation sites is 1. The van der Waals surface area contributed by atoms with Crippen molar-refractivity contribution in [3.63, 3.8) is 0 Å². The van der Waals surface area contributed by atoms with E-state index in [4.69, 9.17) is 9.47 Å². The summed E-state index contributed by atoms with van der Waals surface area (Å²) in [4.78, 5) is 24.5. The van der Waals surface area contributed by atoms with E-state index in [2.05, 4.69) is 12.2 Å². The lowest BCUT2D eigenvalue weighted by molar-refractivity contribution is 0.0997. The van der Waals surface area contributed by atoms with Crippen LogP contribution in [0.2, 0.25) is 0 Å². The lowest BCUT2D eigenvalue weighted by Crippen LogP contribution is -2.35. The highest BCUT2D eigenvalue weighted by molar-refractivity contribution is 5.88. The zero-order valence-electron chi connectivity index (χ0n) is 21.9. The molecule has 1 aromatic rings. The molecule has 0 aliphatic rings. The Hall–Kier alpha value is -2.04. The number of benzene rings is 1. The second-order valence-corrected chi connectivity index (χ2v) is 9.78. The number of hydrogen-bond donors (Lipinski definition) is 1. The molecular formula is C28H47NO4. The molecule has 1 rings (SSSR count). The molecule has 1 N–H and O–H groups in total. The van der Waals surface area contributed by atoms with Crippen LogP contribution in [-0.4, -0.2) is 18.3 Å². The van der Waals surface area contributed by atoms with Crippen LogP contribution in [0.25, 0.3) is 0 Å². The Kier molecular flexibility index (Phi) is 14.5. The van der Waals surface area contributed by atoms with Crippen LogP contribution >= 0.6 is 0 Å². The Morgan fingerprint density at radius 1 is 0.758 bits per heavy atom. The fourth-order valence-electron chi connectivity index (χ4n) is 3.99. The molecule has 0 aromatic heterocycles. The Morgan fingerprint density at radius 3 is 1.73 bits per heavy atom. The fourth-order valence-corrected chi connectivity index (χ4v) is 3.99. The molecule has 33 heavy (non-hydrogen) atoms. The Bertz CT molecular complexity index is 673. The Balaban J connectivity index is 2.33. The van der Waals surface area contributed by atoms with Crippen molar-refractivity contribution in [2.75, 3.05) is 0 Å². The molecule has 1 aromatic carbocycles. The van der Waals surface area contributed by atoms with Gasteiger partial charge in [0, 0.05) is 0 Å². The quantitative estimate of drug-likeness (QED) is 0.265. The minimum Gasteiger partial charge on any atom is -0.446 e. The topological polar surface area (TPSA) is 64.6 Å². The van der Waals surface area contributed by atoms with Gasteiger partial charge in [-0.1, -0.05) is 111 Å². The van der Waals surface area contributed by atoms with E-state index in [-0.39, 0.29) is 17.9 Å². The average Bonchev–Trinajstić information content (AvgIpc) is 2.74. The highest BCUT2D eigenvalue weighted by Crippen LogP contribution is 2.34. The number of rotatable bonds is 15. The summed E-state index contributed by atoms with van der Waals surface area (Å²) in [5.41, 5.74) is 1.89. The van der Waals surface area contributed by atoms with Crippen molar-refractivity contribution in [1.82, 2.24) is 5.32 Å². The van der Waals surface area contributed by atoms with Crippen LogP contribution in [0.3, 0.4) is 0 Å². The third-order valence-corrected chi connectivity index (χ3v) is 5.99. The van der Waals surface area contributed by atoms with Crippen LogP contribution in [0.5, 0.6) is 5.75 Å². The molecule has 0 aliphatic heterocycles. The highest BCUT2D eigenvalue weighted by atomic mass is 16.6. The molecule has 0 saturated heterocycles. The third kappa shape index (κ3) is 12.1. The smallest absolute Gasteiger partial charge is 0.422 e. The van der Waals surface area contributed by atoms with E-state index in [1.54, 1.807) is 0 Å². The summed E-state index contributed by atoms with van der Waals surface area (Å²) < 4.78 is 10.9. The summed E-state index contributed by atoms with van der Waals surface area (Å²) in [5.74, 6) is 0.922. The molecule has 0 spiro atoms. The molecule has 0 radical (unpaired) electrons. The fraction of sp³-hybridized carbons (Fsp3) is 0.714. The largest absolute Gasteiger partial charge is 0.446 e. The van der Waals surface area contributed by atoms with Crippen molar-refractivity contribution in [1.29, 1.82) is 0 Å². The van der Waals surface area contributed by atoms with E-state index >= 15 is 0 Å². The molecule has 1 atom stereocenters. The summed E-state index contributed by atoms with van der Waals surface area (Å²) >= 11 is 0. The van der Waals surface area contributed by atoms with Crippen LogP contribution in [0.15, 0.2) is 18.2 Å². The first-order chi connectivity index (χ1) is 15.8. The monoisotopic (exact) mass is 461 g/mol. The molecule has 0 bridgehead atoms. The number of alkyl carbamates (subject to hydrolysis) is 1. The van der Waals surface area contributed by atoms with Crippen molar-refractivity contribution in [2.45, 2.75) is 130 Å². The van der Waals surface area contributed by atoms with Gasteiger partial charge >= 0.3 is 12.2 Å². The number of carbonyl (C=O) groups excluding carboxylic acids is 2. The standard InChI is InChI=1S/C28H47NO4/c1-7-8-9-10-11-12-13-14-15-16-18-23(6)32-27(30)29-28(31)33-26-24(21(2)3)19-17-20-25(26)22(4)5/h17,19-23H,7-16,18H2,1-6H3,(H,29,30,31). The van der Waals surface area contributed by atoms with E-state index in [1.165, 1.54) is 51.4 Å². The molecule has 5 nitrogen and oxygen atoms in total. The molecule has 0 saturated carbocycles. The maximum absolute atomic E-state index is 12.4. The van der Waals surface area contributed by atoms with Crippen molar-refractivity contribution >= 4 is 12.2 Å². The molecule has 0 fully saturated rings. The van der Waals surface area contributed by atoms with Gasteiger partial charge in [0.1, 0.15) is 11.9 Å². The van der Waals surface area contributed by atoms with Crippen LogP contribution in [0, 0.1) is 0 Å². The van der Waals surface area contributed by atoms with Gasteiger partial charge in [-0.15, -0.1) is 0 Å². The molecule has 0 aliphatic carbocycles. The van der Waals surface area contributed by atoms with Crippen molar-refractivity contribution in [2.24, 2.45) is 0 Å². The van der Waals surface area contributed by atoms with Crippen LogP contribution in [-0.2, 0) is 4.74 Å². The van der Waals surface area contributed by atoms with Crippen LogP contribution < -0.4 is 10.1 Å². The first-order valence-electron chi connectivity index (χ1n) is 13.1. The van der Waals surface area contributed by atoms with Crippen LogP contribution in [0.1, 0.15) is 135 Å². The maximum atomic E-state index is 12.4. The SMILES string of the molecule is CCCCCCCCCCCCC(C)OC(=O)NC(=O)Oc1c(C(C)C)cccc1C(C)C. The molecular weight excluding hydrogens is 414 g/mol. The van der Waals surface area contributed by atoms with Gasteiger partial charge in [-0.25, -0.2) is 14.9 Å². The normalized spacial score (nSPS) is 12.1. The zero-order chi connectivity index (χ0) is 24.6. The number of ether oxygens (including phenoxy) is 2. The number of unbranched alkanes of at least 4 members (excludes halogenated alkanes) is 9. The molecule has 188 valence electrons. The highest BCUT2D eigenvalue weighted by Gasteiger charge is 2.20. The van der Waals surface area contributed by atoms with E-state index in [0.29, 0.717) is 5.75 Å². The number of nitrogens with one attached hydrogen (secondary N) is 1. The first kappa shape index (κ1) is 29.0. The average molecular weight is 462 g/mol. The number of carbonyl (C=O) groups is 2. The summed E-state index contributed by atoms with van der Waals surface area (Å²) in [6, 6.07) is 5.87. The summed E-state index contributed by atoms with van der Waals surface area (Å²) in [6.45, 7) is 12.3. The van der Waals surface area contributed by atoms with E-state index in [1.807, 2.05) is 52.8 Å². The Morgan fingerprint density at radius 2 is 1.24 bits per heavy atom. The second kappa shape index (κ2) is 16.6. The third-order valence-electron chi connectivity index (χ3n) is 5.99. The van der Waals surface area contributed by atoms with Crippen LogP contribution in [0.4, 0.5) is 9.59 Å². The van der Waals surface area contributed by atoms with Gasteiger partial charge in [-0.05, 0) is 42.7 Å². The predicted molar refractivity (Wildman–Crippen MR) is 136 cm³/mol. The maximum Gasteiger partial charge on any atom is 0.422 e. The summed E-state index contributed by atoms with van der Waals surface area (Å²) in [5, 5.41) is 2.21. The number of imide groups is 1.